The molecule has 0 spiro atoms. The third-order valence-electron chi connectivity index (χ3n) is 1.34. The zero-order chi connectivity index (χ0) is 9.84. The second-order valence-electron chi connectivity index (χ2n) is 2.78. The lowest BCUT2D eigenvalue weighted by atomic mass is 10.3. The normalized spacial score (nSPS) is 9.92. The lowest BCUT2D eigenvalue weighted by Gasteiger charge is -2.00. The molecule has 70 valence electrons. The first-order chi connectivity index (χ1) is 6.09. The molecule has 1 rings (SSSR count). The van der Waals surface area contributed by atoms with Crippen molar-refractivity contribution in [3.63, 3.8) is 0 Å². The number of rotatable bonds is 4. The number of hydrogen-bond acceptors (Lipinski definition) is 4. The molecule has 0 aliphatic carbocycles. The second-order valence-corrected chi connectivity index (χ2v) is 2.78. The van der Waals surface area contributed by atoms with Crippen molar-refractivity contribution in [1.82, 2.24) is 20.2 Å². The van der Waals surface area contributed by atoms with Crippen LogP contribution < -0.4 is 0 Å². The minimum atomic E-state index is -0.947. The van der Waals surface area contributed by atoms with Gasteiger partial charge in [-0.2, -0.15) is 0 Å². The van der Waals surface area contributed by atoms with Crippen molar-refractivity contribution >= 4 is 5.97 Å². The molecule has 1 aromatic rings. The molecule has 13 heavy (non-hydrogen) atoms. The van der Waals surface area contributed by atoms with Crippen molar-refractivity contribution in [3.05, 3.63) is 18.0 Å². The van der Waals surface area contributed by atoms with Gasteiger partial charge in [-0.25, -0.2) is 4.68 Å². The van der Waals surface area contributed by atoms with Gasteiger partial charge in [0, 0.05) is 0 Å². The Hall–Kier alpha value is -1.72. The minimum Gasteiger partial charge on any atom is -0.481 e. The molecule has 6 heteroatoms. The van der Waals surface area contributed by atoms with Crippen LogP contribution in [0.25, 0.3) is 0 Å². The van der Waals surface area contributed by atoms with Gasteiger partial charge in [0.2, 0.25) is 0 Å². The number of carboxylic acids is 1. The summed E-state index contributed by atoms with van der Waals surface area (Å²) in [4.78, 5) is 10.4. The van der Waals surface area contributed by atoms with Crippen LogP contribution in [-0.2, 0) is 17.8 Å². The highest BCUT2D eigenvalue weighted by Gasteiger charge is 2.09. The van der Waals surface area contributed by atoms with Gasteiger partial charge in [-0.15, -0.1) is 5.10 Å². The van der Waals surface area contributed by atoms with Gasteiger partial charge in [0.25, 0.3) is 0 Å². The van der Waals surface area contributed by atoms with E-state index in [1.807, 2.05) is 6.92 Å². The van der Waals surface area contributed by atoms with Crippen LogP contribution in [0.1, 0.15) is 12.7 Å². The first kappa shape index (κ1) is 9.37. The Morgan fingerprint density at radius 2 is 2.38 bits per heavy atom. The lowest BCUT2D eigenvalue weighted by molar-refractivity contribution is -0.136. The van der Waals surface area contributed by atoms with Gasteiger partial charge in [0.05, 0.1) is 6.54 Å². The number of carboxylic acid groups (broad SMARTS) is 1. The van der Waals surface area contributed by atoms with E-state index < -0.39 is 5.97 Å². The maximum Gasteiger partial charge on any atom is 0.311 e. The number of aliphatic carboxylic acids is 1. The molecule has 1 aromatic heterocycles. The second kappa shape index (κ2) is 3.79. The van der Waals surface area contributed by atoms with Crippen LogP contribution in [-0.4, -0.2) is 31.3 Å². The molecule has 0 aliphatic heterocycles. The highest BCUT2D eigenvalue weighted by Crippen LogP contribution is 1.98. The van der Waals surface area contributed by atoms with Gasteiger partial charge < -0.3 is 5.11 Å². The van der Waals surface area contributed by atoms with Crippen molar-refractivity contribution in [1.29, 1.82) is 0 Å². The Morgan fingerprint density at radius 1 is 1.69 bits per heavy atom. The SMILES string of the molecule is C=C(C)Cn1nnnc1CC(=O)O. The molecule has 0 aromatic carbocycles. The summed E-state index contributed by atoms with van der Waals surface area (Å²) in [5.41, 5.74) is 0.874. The molecule has 1 N–H and O–H groups in total. The number of carbonyl (C=O) groups is 1. The van der Waals surface area contributed by atoms with E-state index in [1.54, 1.807) is 0 Å². The quantitative estimate of drug-likeness (QED) is 0.656. The van der Waals surface area contributed by atoms with Crippen molar-refractivity contribution in [2.45, 2.75) is 19.9 Å². The zero-order valence-corrected chi connectivity index (χ0v) is 7.27. The maximum absolute atomic E-state index is 10.4. The fourth-order valence-corrected chi connectivity index (χ4v) is 0.864. The summed E-state index contributed by atoms with van der Waals surface area (Å²) in [6.45, 7) is 5.97. The van der Waals surface area contributed by atoms with Crippen LogP contribution in [0.3, 0.4) is 0 Å². The molecule has 1 heterocycles. The van der Waals surface area contributed by atoms with Crippen LogP contribution in [0, 0.1) is 0 Å². The van der Waals surface area contributed by atoms with Crippen LogP contribution in [0.15, 0.2) is 12.2 Å². The first-order valence-electron chi connectivity index (χ1n) is 3.71. The minimum absolute atomic E-state index is 0.166. The maximum atomic E-state index is 10.4. The van der Waals surface area contributed by atoms with Gasteiger partial charge >= 0.3 is 5.97 Å². The van der Waals surface area contributed by atoms with Crippen LogP contribution in [0.4, 0.5) is 0 Å². The summed E-state index contributed by atoms with van der Waals surface area (Å²) >= 11 is 0. The lowest BCUT2D eigenvalue weighted by Crippen LogP contribution is -2.11. The Kier molecular flexibility index (Phi) is 2.73. The average Bonchev–Trinajstić information content (AvgIpc) is 2.34. The molecule has 6 nitrogen and oxygen atoms in total. The fraction of sp³-hybridized carbons (Fsp3) is 0.429. The molecule has 0 radical (unpaired) electrons. The van der Waals surface area contributed by atoms with E-state index in [9.17, 15) is 4.79 Å². The van der Waals surface area contributed by atoms with Crippen molar-refractivity contribution in [3.8, 4) is 0 Å². The summed E-state index contributed by atoms with van der Waals surface area (Å²) < 4.78 is 1.43. The molecule has 0 aliphatic rings. The molecular weight excluding hydrogens is 172 g/mol. The van der Waals surface area contributed by atoms with Gasteiger partial charge in [-0.05, 0) is 17.4 Å². The predicted octanol–water partition coefficient (Wildman–Crippen LogP) is -0.124. The molecule has 0 atom stereocenters. The smallest absolute Gasteiger partial charge is 0.311 e. The van der Waals surface area contributed by atoms with Crippen molar-refractivity contribution in [2.24, 2.45) is 0 Å². The fourth-order valence-electron chi connectivity index (χ4n) is 0.864. The van der Waals surface area contributed by atoms with Gasteiger partial charge in [0.1, 0.15) is 6.42 Å². The Bertz CT molecular complexity index is 300. The van der Waals surface area contributed by atoms with E-state index in [-0.39, 0.29) is 6.42 Å². The van der Waals surface area contributed by atoms with E-state index in [0.717, 1.165) is 5.57 Å². The summed E-state index contributed by atoms with van der Waals surface area (Å²) in [5.74, 6) is -0.603. The summed E-state index contributed by atoms with van der Waals surface area (Å²) in [5, 5.41) is 19.1. The first-order valence-corrected chi connectivity index (χ1v) is 3.71. The summed E-state index contributed by atoms with van der Waals surface area (Å²) in [7, 11) is 0. The van der Waals surface area contributed by atoms with E-state index in [2.05, 4.69) is 22.1 Å². The standard InChI is InChI=1S/C7H10N4O2/c1-5(2)4-11-6(3-7(12)13)8-9-10-11/h1,3-4H2,2H3,(H,12,13). The van der Waals surface area contributed by atoms with Crippen molar-refractivity contribution in [2.75, 3.05) is 0 Å². The molecule has 0 saturated heterocycles. The zero-order valence-electron chi connectivity index (χ0n) is 7.27. The summed E-state index contributed by atoms with van der Waals surface area (Å²) in [6, 6.07) is 0. The van der Waals surface area contributed by atoms with E-state index in [0.29, 0.717) is 12.4 Å². The molecule has 0 saturated carbocycles. The molecule has 0 unspecified atom stereocenters. The van der Waals surface area contributed by atoms with Crippen molar-refractivity contribution < 1.29 is 9.90 Å². The van der Waals surface area contributed by atoms with Crippen LogP contribution in [0.5, 0.6) is 0 Å². The van der Waals surface area contributed by atoms with E-state index in [1.165, 1.54) is 4.68 Å². The highest BCUT2D eigenvalue weighted by atomic mass is 16.4. The highest BCUT2D eigenvalue weighted by molar-refractivity contribution is 5.68. The average molecular weight is 182 g/mol. The molecule has 0 bridgehead atoms. The number of hydrogen-bond donors (Lipinski definition) is 1. The van der Waals surface area contributed by atoms with E-state index >= 15 is 0 Å². The third kappa shape index (κ3) is 2.66. The number of aromatic nitrogens is 4. The summed E-state index contributed by atoms with van der Waals surface area (Å²) in [6.07, 6.45) is -0.166. The molecule has 0 fully saturated rings. The predicted molar refractivity (Wildman–Crippen MR) is 44.0 cm³/mol. The van der Waals surface area contributed by atoms with Gasteiger partial charge in [0.15, 0.2) is 5.82 Å². The number of tetrazole rings is 1. The Morgan fingerprint density at radius 3 is 2.92 bits per heavy atom. The van der Waals surface area contributed by atoms with Gasteiger partial charge in [-0.3, -0.25) is 4.79 Å². The van der Waals surface area contributed by atoms with E-state index in [4.69, 9.17) is 5.11 Å². The Labute approximate surface area is 74.9 Å². The van der Waals surface area contributed by atoms with Crippen LogP contribution >= 0.6 is 0 Å². The van der Waals surface area contributed by atoms with Crippen LogP contribution in [0.2, 0.25) is 0 Å². The monoisotopic (exact) mass is 182 g/mol. The largest absolute Gasteiger partial charge is 0.481 e. The molecule has 0 amide bonds. The topological polar surface area (TPSA) is 80.9 Å². The third-order valence-corrected chi connectivity index (χ3v) is 1.34. The number of nitrogens with zero attached hydrogens (tertiary/aromatic N) is 4. The van der Waals surface area contributed by atoms with Gasteiger partial charge in [-0.1, -0.05) is 12.2 Å². The molecular formula is C7H10N4O2. The Balaban J connectivity index is 2.76. The number of allylic oxidation sites excluding steroid dienone is 1.